The van der Waals surface area contributed by atoms with Crippen molar-refractivity contribution in [1.29, 1.82) is 0 Å². The van der Waals surface area contributed by atoms with Crippen molar-refractivity contribution in [3.63, 3.8) is 0 Å². The predicted octanol–water partition coefficient (Wildman–Crippen LogP) is 5.41. The molecular weight excluding hydrogens is 503 g/mol. The molecule has 2 aromatic heterocycles. The summed E-state index contributed by atoms with van der Waals surface area (Å²) in [7, 11) is 0. The standard InChI is InChI=1S/C20H14BrF5N4O2/c1-10(30-18(31)11-6-12(20(24,25)26)8-13(21)7-11)16-17(28-5-4-27-16)15-3-2-14(9-29-15)32-19(22)23/h2-10,19H,1H3,(H,30,31). The Bertz CT molecular complexity index is 1110. The number of ether oxygens (including phenoxy) is 1. The number of pyridine rings is 1. The van der Waals surface area contributed by atoms with E-state index in [1.165, 1.54) is 30.6 Å². The number of amides is 1. The van der Waals surface area contributed by atoms with Crippen molar-refractivity contribution in [2.45, 2.75) is 25.8 Å². The minimum Gasteiger partial charge on any atom is -0.433 e. The molecule has 0 fully saturated rings. The van der Waals surface area contributed by atoms with Gasteiger partial charge in [-0.05, 0) is 37.3 Å². The number of aromatic nitrogens is 3. The van der Waals surface area contributed by atoms with Crippen molar-refractivity contribution in [2.75, 3.05) is 0 Å². The van der Waals surface area contributed by atoms with Crippen LogP contribution in [-0.2, 0) is 6.18 Å². The van der Waals surface area contributed by atoms with Gasteiger partial charge in [-0.25, -0.2) is 0 Å². The van der Waals surface area contributed by atoms with Gasteiger partial charge in [-0.15, -0.1) is 0 Å². The van der Waals surface area contributed by atoms with Gasteiger partial charge in [-0.3, -0.25) is 19.7 Å². The van der Waals surface area contributed by atoms with E-state index in [1.807, 2.05) is 0 Å². The van der Waals surface area contributed by atoms with Crippen molar-refractivity contribution in [3.05, 3.63) is 70.2 Å². The van der Waals surface area contributed by atoms with Crippen LogP contribution in [0.3, 0.4) is 0 Å². The number of carbonyl (C=O) groups is 1. The fourth-order valence-corrected chi connectivity index (χ4v) is 3.28. The monoisotopic (exact) mass is 516 g/mol. The van der Waals surface area contributed by atoms with Gasteiger partial charge in [0.05, 0.1) is 29.2 Å². The average molecular weight is 517 g/mol. The molecule has 6 nitrogen and oxygen atoms in total. The zero-order valence-corrected chi connectivity index (χ0v) is 17.8. The molecule has 0 spiro atoms. The lowest BCUT2D eigenvalue weighted by Gasteiger charge is -2.17. The average Bonchev–Trinajstić information content (AvgIpc) is 2.72. The number of rotatable bonds is 6. The number of halogens is 6. The van der Waals surface area contributed by atoms with Crippen LogP contribution in [0.15, 0.2) is 53.4 Å². The second kappa shape index (κ2) is 9.55. The Balaban J connectivity index is 1.84. The maximum Gasteiger partial charge on any atom is 0.416 e. The molecule has 3 rings (SSSR count). The Morgan fingerprint density at radius 1 is 1.09 bits per heavy atom. The number of carbonyl (C=O) groups excluding carboxylic acids is 1. The maximum absolute atomic E-state index is 13.0. The number of hydrogen-bond acceptors (Lipinski definition) is 5. The van der Waals surface area contributed by atoms with Gasteiger partial charge >= 0.3 is 12.8 Å². The molecule has 1 atom stereocenters. The summed E-state index contributed by atoms with van der Waals surface area (Å²) in [6, 6.07) is 4.78. The minimum atomic E-state index is -4.62. The van der Waals surface area contributed by atoms with E-state index in [0.29, 0.717) is 0 Å². The minimum absolute atomic E-state index is 0.0978. The lowest BCUT2D eigenvalue weighted by Crippen LogP contribution is -2.28. The van der Waals surface area contributed by atoms with Gasteiger partial charge in [0.25, 0.3) is 5.91 Å². The van der Waals surface area contributed by atoms with E-state index in [9.17, 15) is 26.7 Å². The van der Waals surface area contributed by atoms with E-state index < -0.39 is 30.3 Å². The Morgan fingerprint density at radius 3 is 2.44 bits per heavy atom. The van der Waals surface area contributed by atoms with Crippen molar-refractivity contribution in [2.24, 2.45) is 0 Å². The first-order valence-corrected chi connectivity index (χ1v) is 9.74. The van der Waals surface area contributed by atoms with Gasteiger partial charge in [-0.1, -0.05) is 15.9 Å². The maximum atomic E-state index is 13.0. The first kappa shape index (κ1) is 23.5. The highest BCUT2D eigenvalue weighted by atomic mass is 79.9. The molecule has 168 valence electrons. The molecule has 0 aliphatic carbocycles. The van der Waals surface area contributed by atoms with Crippen molar-refractivity contribution >= 4 is 21.8 Å². The molecule has 0 aliphatic rings. The summed E-state index contributed by atoms with van der Waals surface area (Å²) >= 11 is 2.98. The summed E-state index contributed by atoms with van der Waals surface area (Å²) in [6.07, 6.45) is -0.781. The molecule has 0 radical (unpaired) electrons. The third kappa shape index (κ3) is 5.75. The molecule has 32 heavy (non-hydrogen) atoms. The molecule has 1 aromatic carbocycles. The molecule has 2 heterocycles. The highest BCUT2D eigenvalue weighted by Gasteiger charge is 2.32. The molecule has 1 amide bonds. The molecule has 0 saturated heterocycles. The van der Waals surface area contributed by atoms with Crippen molar-refractivity contribution < 1.29 is 31.5 Å². The highest BCUT2D eigenvalue weighted by molar-refractivity contribution is 9.10. The molecule has 0 bridgehead atoms. The van der Waals surface area contributed by atoms with Gasteiger partial charge in [0.15, 0.2) is 0 Å². The third-order valence-corrected chi connectivity index (χ3v) is 4.63. The van der Waals surface area contributed by atoms with Gasteiger partial charge in [0, 0.05) is 22.4 Å². The number of nitrogens with one attached hydrogen (secondary N) is 1. The molecular formula is C20H14BrF5N4O2. The third-order valence-electron chi connectivity index (χ3n) is 4.18. The largest absolute Gasteiger partial charge is 0.433 e. The van der Waals surface area contributed by atoms with E-state index in [2.05, 4.69) is 40.9 Å². The number of benzene rings is 1. The summed E-state index contributed by atoms with van der Waals surface area (Å²) in [5.41, 5.74) is -0.357. The molecule has 1 unspecified atom stereocenters. The van der Waals surface area contributed by atoms with Gasteiger partial charge in [-0.2, -0.15) is 22.0 Å². The molecule has 0 aliphatic heterocycles. The molecule has 0 saturated carbocycles. The summed E-state index contributed by atoms with van der Waals surface area (Å²) < 4.78 is 68.1. The van der Waals surface area contributed by atoms with E-state index >= 15 is 0 Å². The van der Waals surface area contributed by atoms with Crippen LogP contribution in [0.5, 0.6) is 5.75 Å². The topological polar surface area (TPSA) is 77.0 Å². The number of nitrogens with zero attached hydrogens (tertiary/aromatic N) is 3. The van der Waals surface area contributed by atoms with Gasteiger partial charge in [0.1, 0.15) is 11.4 Å². The zero-order chi connectivity index (χ0) is 23.5. The SMILES string of the molecule is CC(NC(=O)c1cc(Br)cc(C(F)(F)F)c1)c1nccnc1-c1ccc(OC(F)F)cn1. The smallest absolute Gasteiger partial charge is 0.416 e. The van der Waals surface area contributed by atoms with Crippen LogP contribution in [-0.4, -0.2) is 27.5 Å². The predicted molar refractivity (Wildman–Crippen MR) is 107 cm³/mol. The summed E-state index contributed by atoms with van der Waals surface area (Å²) in [5.74, 6) is -0.903. The molecule has 1 N–H and O–H groups in total. The Morgan fingerprint density at radius 2 is 1.81 bits per heavy atom. The van der Waals surface area contributed by atoms with E-state index in [0.717, 1.165) is 18.3 Å². The van der Waals surface area contributed by atoms with Crippen LogP contribution in [0.25, 0.3) is 11.4 Å². The number of hydrogen-bond donors (Lipinski definition) is 1. The first-order valence-electron chi connectivity index (χ1n) is 8.95. The highest BCUT2D eigenvalue weighted by Crippen LogP contribution is 2.32. The Hall–Kier alpha value is -3.15. The zero-order valence-electron chi connectivity index (χ0n) is 16.2. The van der Waals surface area contributed by atoms with E-state index in [-0.39, 0.29) is 32.9 Å². The van der Waals surface area contributed by atoms with Gasteiger partial charge < -0.3 is 10.1 Å². The summed E-state index contributed by atoms with van der Waals surface area (Å²) in [6.45, 7) is -1.43. The van der Waals surface area contributed by atoms with Crippen LogP contribution in [0.2, 0.25) is 0 Å². The Labute approximate surface area is 187 Å². The lowest BCUT2D eigenvalue weighted by atomic mass is 10.1. The van der Waals surface area contributed by atoms with Crippen LogP contribution in [0.4, 0.5) is 22.0 Å². The van der Waals surface area contributed by atoms with Crippen LogP contribution in [0, 0.1) is 0 Å². The van der Waals surface area contributed by atoms with Crippen molar-refractivity contribution in [3.8, 4) is 17.1 Å². The molecule has 12 heteroatoms. The fraction of sp³-hybridized carbons (Fsp3) is 0.200. The van der Waals surface area contributed by atoms with Crippen LogP contribution < -0.4 is 10.1 Å². The summed E-state index contributed by atoms with van der Waals surface area (Å²) in [4.78, 5) is 25.0. The van der Waals surface area contributed by atoms with Crippen molar-refractivity contribution in [1.82, 2.24) is 20.3 Å². The summed E-state index contributed by atoms with van der Waals surface area (Å²) in [5, 5.41) is 2.58. The first-order chi connectivity index (χ1) is 15.0. The van der Waals surface area contributed by atoms with Crippen LogP contribution in [0.1, 0.15) is 34.6 Å². The normalized spacial score (nSPS) is 12.5. The Kier molecular flexibility index (Phi) is 7.02. The fourth-order valence-electron chi connectivity index (χ4n) is 2.79. The quantitative estimate of drug-likeness (QED) is 0.443. The van der Waals surface area contributed by atoms with Gasteiger partial charge in [0.2, 0.25) is 0 Å². The van der Waals surface area contributed by atoms with Crippen LogP contribution >= 0.6 is 15.9 Å². The number of alkyl halides is 5. The molecule has 3 aromatic rings. The van der Waals surface area contributed by atoms with E-state index in [1.54, 1.807) is 6.92 Å². The second-order valence-corrected chi connectivity index (χ2v) is 7.38. The van der Waals surface area contributed by atoms with E-state index in [4.69, 9.17) is 0 Å². The second-order valence-electron chi connectivity index (χ2n) is 6.47. The lowest BCUT2D eigenvalue weighted by molar-refractivity contribution is -0.137.